The van der Waals surface area contributed by atoms with Crippen molar-refractivity contribution in [1.82, 2.24) is 9.88 Å². The van der Waals surface area contributed by atoms with E-state index in [1.54, 1.807) is 5.38 Å². The number of carbonyl (C=O) groups excluding carboxylic acids is 2. The topological polar surface area (TPSA) is 59.5 Å². The molecule has 0 aliphatic carbocycles. The number of aldehydes is 1. The van der Waals surface area contributed by atoms with Gasteiger partial charge in [-0.25, -0.2) is 4.98 Å². The van der Waals surface area contributed by atoms with Gasteiger partial charge in [0.25, 0.3) is 0 Å². The van der Waals surface area contributed by atoms with Gasteiger partial charge in [-0.15, -0.1) is 11.3 Å². The van der Waals surface area contributed by atoms with E-state index in [4.69, 9.17) is 4.74 Å². The van der Waals surface area contributed by atoms with E-state index in [0.717, 1.165) is 43.5 Å². The number of hydrogen-bond donors (Lipinski definition) is 0. The van der Waals surface area contributed by atoms with Crippen LogP contribution >= 0.6 is 11.3 Å². The van der Waals surface area contributed by atoms with Crippen LogP contribution in [0.5, 0.6) is 0 Å². The van der Waals surface area contributed by atoms with Crippen molar-refractivity contribution in [3.8, 4) is 0 Å². The summed E-state index contributed by atoms with van der Waals surface area (Å²) in [5, 5.41) is 2.60. The highest BCUT2D eigenvalue weighted by atomic mass is 32.1. The number of nitrogens with zero attached hydrogens (tertiary/aromatic N) is 2. The van der Waals surface area contributed by atoms with Crippen molar-refractivity contribution in [2.24, 2.45) is 5.92 Å². The van der Waals surface area contributed by atoms with Gasteiger partial charge in [0.2, 0.25) is 5.91 Å². The van der Waals surface area contributed by atoms with Gasteiger partial charge in [0.1, 0.15) is 16.8 Å². The van der Waals surface area contributed by atoms with Crippen LogP contribution in [0.2, 0.25) is 0 Å². The highest BCUT2D eigenvalue weighted by Gasteiger charge is 2.30. The van der Waals surface area contributed by atoms with E-state index >= 15 is 0 Å². The molecule has 0 radical (unpaired) electrons. The smallest absolute Gasteiger partial charge is 0.222 e. The molecule has 2 atom stereocenters. The second kappa shape index (κ2) is 13.0. The molecule has 1 aromatic heterocycles. The average molecular weight is 397 g/mol. The van der Waals surface area contributed by atoms with Gasteiger partial charge in [-0.1, -0.05) is 41.0 Å². The van der Waals surface area contributed by atoms with Crippen molar-refractivity contribution >= 4 is 23.5 Å². The van der Waals surface area contributed by atoms with Crippen LogP contribution in [0, 0.1) is 5.92 Å². The Hall–Kier alpha value is -1.27. The Balaban J connectivity index is 3.04. The third kappa shape index (κ3) is 7.70. The van der Waals surface area contributed by atoms with E-state index in [2.05, 4.69) is 44.5 Å². The minimum atomic E-state index is -0.186. The minimum absolute atomic E-state index is 0.0970. The SMILES string of the molecule is CCCCC(=O)N(CCC)C(C[C@@H](OCCC)c1nc(C=O)cs1)C(C)C. The third-order valence-corrected chi connectivity index (χ3v) is 5.57. The van der Waals surface area contributed by atoms with E-state index in [1.807, 2.05) is 0 Å². The van der Waals surface area contributed by atoms with Crippen LogP contribution in [0.25, 0.3) is 0 Å². The molecular formula is C21H36N2O3S. The number of unbranched alkanes of at least 4 members (excludes halogenated alkanes) is 1. The maximum atomic E-state index is 12.8. The molecule has 0 fully saturated rings. The molecular weight excluding hydrogens is 360 g/mol. The van der Waals surface area contributed by atoms with Crippen LogP contribution < -0.4 is 0 Å². The van der Waals surface area contributed by atoms with E-state index in [1.165, 1.54) is 11.3 Å². The van der Waals surface area contributed by atoms with Crippen LogP contribution in [0.4, 0.5) is 0 Å². The molecule has 0 aliphatic rings. The molecule has 0 spiro atoms. The summed E-state index contributed by atoms with van der Waals surface area (Å²) in [4.78, 5) is 30.3. The molecule has 0 saturated heterocycles. The Labute approximate surface area is 168 Å². The number of rotatable bonds is 14. The fourth-order valence-corrected chi connectivity index (χ4v) is 3.99. The van der Waals surface area contributed by atoms with Crippen LogP contribution in [-0.2, 0) is 9.53 Å². The van der Waals surface area contributed by atoms with Gasteiger partial charge in [0.15, 0.2) is 6.29 Å². The molecule has 1 heterocycles. The van der Waals surface area contributed by atoms with Crippen molar-refractivity contribution in [3.05, 3.63) is 16.1 Å². The molecule has 0 N–H and O–H groups in total. The highest BCUT2D eigenvalue weighted by Crippen LogP contribution is 2.30. The fourth-order valence-electron chi connectivity index (χ4n) is 3.17. The summed E-state index contributed by atoms with van der Waals surface area (Å²) >= 11 is 1.46. The lowest BCUT2D eigenvalue weighted by atomic mass is 9.95. The number of hydrogen-bond acceptors (Lipinski definition) is 5. The molecule has 1 amide bonds. The van der Waals surface area contributed by atoms with E-state index in [-0.39, 0.29) is 18.1 Å². The summed E-state index contributed by atoms with van der Waals surface area (Å²) in [6, 6.07) is 0.0970. The number of carbonyl (C=O) groups is 2. The summed E-state index contributed by atoms with van der Waals surface area (Å²) in [5.41, 5.74) is 0.450. The van der Waals surface area contributed by atoms with Gasteiger partial charge in [-0.05, 0) is 25.2 Å². The highest BCUT2D eigenvalue weighted by molar-refractivity contribution is 7.09. The van der Waals surface area contributed by atoms with Crippen molar-refractivity contribution in [1.29, 1.82) is 0 Å². The van der Waals surface area contributed by atoms with Crippen molar-refractivity contribution in [2.75, 3.05) is 13.2 Å². The molecule has 0 saturated carbocycles. The number of aromatic nitrogens is 1. The lowest BCUT2D eigenvalue weighted by Gasteiger charge is -2.36. The Kier molecular flexibility index (Phi) is 11.4. The minimum Gasteiger partial charge on any atom is -0.371 e. The third-order valence-electron chi connectivity index (χ3n) is 4.61. The van der Waals surface area contributed by atoms with Gasteiger partial charge in [-0.3, -0.25) is 9.59 Å². The fraction of sp³-hybridized carbons (Fsp3) is 0.762. The molecule has 1 unspecified atom stereocenters. The normalized spacial score (nSPS) is 13.6. The van der Waals surface area contributed by atoms with Crippen LogP contribution in [0.3, 0.4) is 0 Å². The van der Waals surface area contributed by atoms with E-state index in [9.17, 15) is 9.59 Å². The Morgan fingerprint density at radius 3 is 2.52 bits per heavy atom. The number of amides is 1. The molecule has 0 aliphatic heterocycles. The molecule has 0 bridgehead atoms. The molecule has 1 rings (SSSR count). The Bertz CT molecular complexity index is 559. The average Bonchev–Trinajstić information content (AvgIpc) is 3.13. The summed E-state index contributed by atoms with van der Waals surface area (Å²) in [5.74, 6) is 0.555. The second-order valence-corrected chi connectivity index (χ2v) is 8.22. The first-order valence-electron chi connectivity index (χ1n) is 10.3. The quantitative estimate of drug-likeness (QED) is 0.402. The van der Waals surface area contributed by atoms with Crippen LogP contribution in [0.1, 0.15) is 94.7 Å². The summed E-state index contributed by atoms with van der Waals surface area (Å²) in [6.07, 6.45) is 5.71. The molecule has 27 heavy (non-hydrogen) atoms. The first kappa shape index (κ1) is 23.8. The van der Waals surface area contributed by atoms with Gasteiger partial charge in [-0.2, -0.15) is 0 Å². The molecule has 0 aromatic carbocycles. The maximum absolute atomic E-state index is 12.8. The van der Waals surface area contributed by atoms with Crippen molar-refractivity contribution in [3.63, 3.8) is 0 Å². The Morgan fingerprint density at radius 2 is 2.00 bits per heavy atom. The second-order valence-electron chi connectivity index (χ2n) is 7.33. The van der Waals surface area contributed by atoms with Gasteiger partial charge in [0, 0.05) is 37.4 Å². The maximum Gasteiger partial charge on any atom is 0.222 e. The summed E-state index contributed by atoms with van der Waals surface area (Å²) < 4.78 is 6.10. The summed E-state index contributed by atoms with van der Waals surface area (Å²) in [6.45, 7) is 12.0. The largest absolute Gasteiger partial charge is 0.371 e. The lowest BCUT2D eigenvalue weighted by molar-refractivity contribution is -0.135. The van der Waals surface area contributed by atoms with E-state index in [0.29, 0.717) is 31.1 Å². The predicted molar refractivity (Wildman–Crippen MR) is 111 cm³/mol. The lowest BCUT2D eigenvalue weighted by Crippen LogP contribution is -2.44. The zero-order chi connectivity index (χ0) is 20.2. The molecule has 154 valence electrons. The monoisotopic (exact) mass is 396 g/mol. The molecule has 6 heteroatoms. The number of thiazole rings is 1. The van der Waals surface area contributed by atoms with Crippen molar-refractivity contribution in [2.45, 2.75) is 85.3 Å². The first-order valence-corrected chi connectivity index (χ1v) is 11.2. The standard InChI is InChI=1S/C21H36N2O3S/c1-6-9-10-20(25)23(11-7-2)18(16(4)5)13-19(26-12-8-3)21-22-17(14-24)15-27-21/h14-16,18-19H,6-13H2,1-5H3/t18?,19-/m1/s1. The van der Waals surface area contributed by atoms with Crippen LogP contribution in [-0.4, -0.2) is 41.3 Å². The predicted octanol–water partition coefficient (Wildman–Crippen LogP) is 5.27. The Morgan fingerprint density at radius 1 is 1.26 bits per heavy atom. The number of ether oxygens (including phenoxy) is 1. The van der Waals surface area contributed by atoms with Crippen LogP contribution in [0.15, 0.2) is 5.38 Å². The van der Waals surface area contributed by atoms with Crippen molar-refractivity contribution < 1.29 is 14.3 Å². The first-order chi connectivity index (χ1) is 13.0. The zero-order valence-electron chi connectivity index (χ0n) is 17.6. The summed E-state index contributed by atoms with van der Waals surface area (Å²) in [7, 11) is 0. The zero-order valence-corrected chi connectivity index (χ0v) is 18.4. The molecule has 1 aromatic rings. The molecule has 5 nitrogen and oxygen atoms in total. The van der Waals surface area contributed by atoms with E-state index < -0.39 is 0 Å². The van der Waals surface area contributed by atoms with Gasteiger partial charge >= 0.3 is 0 Å². The van der Waals surface area contributed by atoms with Gasteiger partial charge in [0.05, 0.1) is 0 Å². The van der Waals surface area contributed by atoms with Gasteiger partial charge < -0.3 is 9.64 Å².